The van der Waals surface area contributed by atoms with Crippen LogP contribution in [0.3, 0.4) is 0 Å². The second kappa shape index (κ2) is 6.81. The van der Waals surface area contributed by atoms with Gasteiger partial charge in [-0.1, -0.05) is 30.3 Å². The maximum absolute atomic E-state index is 13.1. The summed E-state index contributed by atoms with van der Waals surface area (Å²) in [7, 11) is 0. The summed E-state index contributed by atoms with van der Waals surface area (Å²) >= 11 is 0. The topological polar surface area (TPSA) is 118 Å². The molecule has 8 heteroatoms. The Hall–Kier alpha value is -3.26. The van der Waals surface area contributed by atoms with Crippen LogP contribution in [0.15, 0.2) is 48.5 Å². The molecule has 0 spiro atoms. The minimum atomic E-state index is -0.480. The van der Waals surface area contributed by atoms with Crippen molar-refractivity contribution in [2.75, 3.05) is 19.6 Å². The van der Waals surface area contributed by atoms with Gasteiger partial charge in [0.15, 0.2) is 5.69 Å². The second-order valence-corrected chi connectivity index (χ2v) is 6.78. The first-order chi connectivity index (χ1) is 13.1. The van der Waals surface area contributed by atoms with Gasteiger partial charge in [0.05, 0.1) is 10.4 Å². The lowest BCUT2D eigenvalue weighted by atomic mass is 9.89. The maximum Gasteiger partial charge on any atom is 0.275 e. The van der Waals surface area contributed by atoms with E-state index < -0.39 is 4.92 Å². The Morgan fingerprint density at radius 2 is 2.04 bits per heavy atom. The molecule has 0 saturated carbocycles. The fraction of sp³-hybridized carbons (Fsp3) is 0.263. The third-order valence-electron chi connectivity index (χ3n) is 5.22. The number of nitro groups is 1. The second-order valence-electron chi connectivity index (χ2n) is 6.78. The Balaban J connectivity index is 1.64. The molecule has 1 saturated heterocycles. The van der Waals surface area contributed by atoms with Crippen LogP contribution < -0.4 is 5.73 Å². The monoisotopic (exact) mass is 365 g/mol. The molecule has 4 rings (SSSR count). The molecule has 3 N–H and O–H groups in total. The van der Waals surface area contributed by atoms with Crippen molar-refractivity contribution in [3.8, 4) is 0 Å². The molecule has 3 aromatic rings. The number of nitrogens with zero attached hydrogens (tertiary/aromatic N) is 3. The highest BCUT2D eigenvalue weighted by atomic mass is 16.6. The Labute approximate surface area is 155 Å². The Bertz CT molecular complexity index is 1000. The molecular formula is C19H19N5O3. The van der Waals surface area contributed by atoms with Gasteiger partial charge in [0, 0.05) is 36.5 Å². The van der Waals surface area contributed by atoms with E-state index in [1.165, 1.54) is 12.1 Å². The maximum atomic E-state index is 13.1. The molecule has 1 aliphatic rings. The molecule has 2 heterocycles. The van der Waals surface area contributed by atoms with Gasteiger partial charge in [-0.15, -0.1) is 0 Å². The van der Waals surface area contributed by atoms with Gasteiger partial charge >= 0.3 is 0 Å². The number of carbonyl (C=O) groups is 1. The van der Waals surface area contributed by atoms with E-state index in [9.17, 15) is 14.9 Å². The quantitative estimate of drug-likeness (QED) is 0.543. The zero-order chi connectivity index (χ0) is 19.0. The molecule has 0 aliphatic carbocycles. The molecule has 1 fully saturated rings. The van der Waals surface area contributed by atoms with E-state index in [2.05, 4.69) is 22.3 Å². The van der Waals surface area contributed by atoms with Crippen LogP contribution in [0.25, 0.3) is 10.9 Å². The van der Waals surface area contributed by atoms with Crippen molar-refractivity contribution in [2.24, 2.45) is 11.7 Å². The smallest absolute Gasteiger partial charge is 0.275 e. The minimum Gasteiger partial charge on any atom is -0.336 e. The molecular weight excluding hydrogens is 346 g/mol. The molecule has 138 valence electrons. The summed E-state index contributed by atoms with van der Waals surface area (Å²) in [6, 6.07) is 14.4. The van der Waals surface area contributed by atoms with Crippen LogP contribution in [0.4, 0.5) is 5.69 Å². The molecule has 27 heavy (non-hydrogen) atoms. The van der Waals surface area contributed by atoms with Gasteiger partial charge in [0.2, 0.25) is 0 Å². The van der Waals surface area contributed by atoms with Crippen molar-refractivity contribution in [2.45, 2.75) is 5.92 Å². The first-order valence-electron chi connectivity index (χ1n) is 8.75. The number of nitro benzene ring substituents is 1. The van der Waals surface area contributed by atoms with Gasteiger partial charge in [-0.2, -0.15) is 5.10 Å². The summed E-state index contributed by atoms with van der Waals surface area (Å²) in [6.45, 7) is 1.57. The van der Waals surface area contributed by atoms with E-state index in [-0.39, 0.29) is 29.1 Å². The number of hydrogen-bond acceptors (Lipinski definition) is 5. The number of carbonyl (C=O) groups excluding carboxylic acids is 1. The van der Waals surface area contributed by atoms with Gasteiger partial charge in [-0.25, -0.2) is 0 Å². The zero-order valence-electron chi connectivity index (χ0n) is 14.5. The molecule has 8 nitrogen and oxygen atoms in total. The Morgan fingerprint density at radius 3 is 2.74 bits per heavy atom. The van der Waals surface area contributed by atoms with Gasteiger partial charge in [0.1, 0.15) is 0 Å². The number of likely N-dealkylation sites (tertiary alicyclic amines) is 1. The van der Waals surface area contributed by atoms with Crippen molar-refractivity contribution in [1.29, 1.82) is 0 Å². The number of benzene rings is 2. The summed E-state index contributed by atoms with van der Waals surface area (Å²) in [5.74, 6) is 0.0919. The highest BCUT2D eigenvalue weighted by Crippen LogP contribution is 2.33. The number of amides is 1. The van der Waals surface area contributed by atoms with E-state index >= 15 is 0 Å². The van der Waals surface area contributed by atoms with Crippen molar-refractivity contribution in [1.82, 2.24) is 15.1 Å². The normalized spacial score (nSPS) is 19.5. The highest BCUT2D eigenvalue weighted by Gasteiger charge is 2.36. The summed E-state index contributed by atoms with van der Waals surface area (Å²) in [5, 5.41) is 18.4. The Kier molecular flexibility index (Phi) is 4.33. The van der Waals surface area contributed by atoms with Crippen LogP contribution >= 0.6 is 0 Å². The molecule has 1 aromatic heterocycles. The summed E-state index contributed by atoms with van der Waals surface area (Å²) in [6.07, 6.45) is 0. The van der Waals surface area contributed by atoms with Crippen molar-refractivity contribution >= 4 is 22.5 Å². The van der Waals surface area contributed by atoms with Crippen LogP contribution in [-0.4, -0.2) is 45.6 Å². The number of nitrogens with one attached hydrogen (secondary N) is 1. The first-order valence-corrected chi connectivity index (χ1v) is 8.75. The van der Waals surface area contributed by atoms with Crippen LogP contribution in [0.1, 0.15) is 22.0 Å². The number of rotatable bonds is 4. The number of non-ortho nitro benzene ring substituents is 1. The number of aromatic amines is 1. The van der Waals surface area contributed by atoms with Crippen molar-refractivity contribution < 1.29 is 9.72 Å². The summed E-state index contributed by atoms with van der Waals surface area (Å²) in [4.78, 5) is 25.4. The lowest BCUT2D eigenvalue weighted by molar-refractivity contribution is -0.384. The fourth-order valence-corrected chi connectivity index (χ4v) is 3.78. The molecule has 1 aliphatic heterocycles. The first kappa shape index (κ1) is 17.2. The van der Waals surface area contributed by atoms with E-state index in [1.54, 1.807) is 11.0 Å². The highest BCUT2D eigenvalue weighted by molar-refractivity contribution is 6.05. The number of H-pyrrole nitrogens is 1. The molecule has 0 unspecified atom stereocenters. The third kappa shape index (κ3) is 3.04. The zero-order valence-corrected chi connectivity index (χ0v) is 14.5. The van der Waals surface area contributed by atoms with Crippen LogP contribution in [-0.2, 0) is 0 Å². The lowest BCUT2D eigenvalue weighted by Gasteiger charge is -2.16. The number of aromatic nitrogens is 2. The molecule has 2 aromatic carbocycles. The summed E-state index contributed by atoms with van der Waals surface area (Å²) in [5.41, 5.74) is 7.84. The van der Waals surface area contributed by atoms with Gasteiger partial charge in [-0.05, 0) is 24.1 Å². The van der Waals surface area contributed by atoms with Crippen LogP contribution in [0.2, 0.25) is 0 Å². The SMILES string of the molecule is NC[C@@H]1CN(C(=O)c2n[nH]c3ccc([N+](=O)[O-])cc23)C[C@H]1c1ccccc1. The Morgan fingerprint density at radius 1 is 1.26 bits per heavy atom. The van der Waals surface area contributed by atoms with E-state index in [0.29, 0.717) is 30.5 Å². The largest absolute Gasteiger partial charge is 0.336 e. The third-order valence-corrected chi connectivity index (χ3v) is 5.22. The summed E-state index contributed by atoms with van der Waals surface area (Å²) < 4.78 is 0. The van der Waals surface area contributed by atoms with E-state index in [0.717, 1.165) is 5.56 Å². The van der Waals surface area contributed by atoms with Crippen molar-refractivity contribution in [3.63, 3.8) is 0 Å². The van der Waals surface area contributed by atoms with E-state index in [4.69, 9.17) is 5.73 Å². The number of fused-ring (bicyclic) bond motifs is 1. The molecule has 1 amide bonds. The van der Waals surface area contributed by atoms with Crippen LogP contribution in [0, 0.1) is 16.0 Å². The van der Waals surface area contributed by atoms with Gasteiger partial charge < -0.3 is 10.6 Å². The standard InChI is InChI=1S/C19H19N5O3/c20-9-13-10-23(11-16(13)12-4-2-1-3-5-12)19(25)18-15-8-14(24(26)27)6-7-17(15)21-22-18/h1-8,13,16H,9-11,20H2,(H,21,22)/t13-,16+/m1/s1. The minimum absolute atomic E-state index is 0.0682. The molecule has 0 bridgehead atoms. The van der Waals surface area contributed by atoms with Gasteiger partial charge in [-0.3, -0.25) is 20.0 Å². The predicted molar refractivity (Wildman–Crippen MR) is 100 cm³/mol. The number of hydrogen-bond donors (Lipinski definition) is 2. The molecule has 2 atom stereocenters. The predicted octanol–water partition coefficient (Wildman–Crippen LogP) is 2.29. The molecule has 0 radical (unpaired) electrons. The lowest BCUT2D eigenvalue weighted by Crippen LogP contribution is -2.30. The van der Waals surface area contributed by atoms with Crippen LogP contribution in [0.5, 0.6) is 0 Å². The average Bonchev–Trinajstić information content (AvgIpc) is 3.32. The number of nitrogens with two attached hydrogens (primary N) is 1. The average molecular weight is 365 g/mol. The fourth-order valence-electron chi connectivity index (χ4n) is 3.78. The van der Waals surface area contributed by atoms with Gasteiger partial charge in [0.25, 0.3) is 11.6 Å². The van der Waals surface area contributed by atoms with E-state index in [1.807, 2.05) is 18.2 Å². The van der Waals surface area contributed by atoms with Crippen molar-refractivity contribution in [3.05, 3.63) is 69.9 Å².